The maximum Gasteiger partial charge on any atom is 0.239 e. The van der Waals surface area contributed by atoms with Gasteiger partial charge in [-0.05, 0) is 24.7 Å². The summed E-state index contributed by atoms with van der Waals surface area (Å²) in [6.07, 6.45) is 0. The number of ether oxygens (including phenoxy) is 3. The summed E-state index contributed by atoms with van der Waals surface area (Å²) in [6, 6.07) is 2.84. The zero-order valence-corrected chi connectivity index (χ0v) is 9.65. The van der Waals surface area contributed by atoms with Crippen molar-refractivity contribution in [2.45, 2.75) is 6.04 Å². The van der Waals surface area contributed by atoms with E-state index in [1.165, 1.54) is 7.11 Å². The molecule has 0 bridgehead atoms. The standard InChI is InChI=1S/C11H14N2O4/c1-13-9(11(12)14)6-3-7(15-2)10-8(4-6)16-5-17-10/h3-4,9,13H,5H2,1-2H3,(H2,12,14). The number of fused-ring (bicyclic) bond motifs is 1. The molecule has 1 amide bonds. The Morgan fingerprint density at radius 2 is 2.29 bits per heavy atom. The predicted octanol–water partition coefficient (Wildman–Crippen LogP) is 0.170. The number of likely N-dealkylation sites (N-methyl/N-ethyl adjacent to an activating group) is 1. The molecule has 2 rings (SSSR count). The van der Waals surface area contributed by atoms with Gasteiger partial charge in [0.25, 0.3) is 0 Å². The van der Waals surface area contributed by atoms with Crippen LogP contribution in [-0.4, -0.2) is 26.9 Å². The van der Waals surface area contributed by atoms with Crippen LogP contribution in [0.25, 0.3) is 0 Å². The van der Waals surface area contributed by atoms with Crippen LogP contribution in [0, 0.1) is 0 Å². The van der Waals surface area contributed by atoms with Crippen molar-refractivity contribution in [1.82, 2.24) is 5.32 Å². The topological polar surface area (TPSA) is 82.8 Å². The highest BCUT2D eigenvalue weighted by molar-refractivity contribution is 5.82. The van der Waals surface area contributed by atoms with Crippen LogP contribution in [0.3, 0.4) is 0 Å². The summed E-state index contributed by atoms with van der Waals surface area (Å²) in [7, 11) is 3.19. The lowest BCUT2D eigenvalue weighted by Gasteiger charge is -2.14. The van der Waals surface area contributed by atoms with E-state index in [2.05, 4.69) is 5.32 Å². The quantitative estimate of drug-likeness (QED) is 0.781. The maximum absolute atomic E-state index is 11.3. The van der Waals surface area contributed by atoms with E-state index in [0.717, 1.165) is 0 Å². The third-order valence-corrected chi connectivity index (χ3v) is 2.59. The molecular weight excluding hydrogens is 224 g/mol. The van der Waals surface area contributed by atoms with Crippen molar-refractivity contribution in [3.63, 3.8) is 0 Å². The van der Waals surface area contributed by atoms with Gasteiger partial charge in [-0.1, -0.05) is 0 Å². The first-order chi connectivity index (χ1) is 8.17. The lowest BCUT2D eigenvalue weighted by molar-refractivity contribution is -0.120. The van der Waals surface area contributed by atoms with Crippen molar-refractivity contribution >= 4 is 5.91 Å². The molecule has 0 saturated heterocycles. The summed E-state index contributed by atoms with van der Waals surface area (Å²) in [4.78, 5) is 11.3. The smallest absolute Gasteiger partial charge is 0.239 e. The number of rotatable bonds is 4. The molecule has 0 aromatic heterocycles. The lowest BCUT2D eigenvalue weighted by atomic mass is 10.1. The predicted molar refractivity (Wildman–Crippen MR) is 60.1 cm³/mol. The Morgan fingerprint density at radius 3 is 2.88 bits per heavy atom. The first kappa shape index (κ1) is 11.5. The third kappa shape index (κ3) is 1.99. The van der Waals surface area contributed by atoms with Crippen LogP contribution >= 0.6 is 0 Å². The van der Waals surface area contributed by atoms with E-state index in [1.807, 2.05) is 0 Å². The second-order valence-electron chi connectivity index (χ2n) is 3.58. The number of hydrogen-bond acceptors (Lipinski definition) is 5. The monoisotopic (exact) mass is 238 g/mol. The van der Waals surface area contributed by atoms with Crippen molar-refractivity contribution in [2.24, 2.45) is 5.73 Å². The Balaban J connectivity index is 2.45. The minimum Gasteiger partial charge on any atom is -0.493 e. The molecule has 0 radical (unpaired) electrons. The zero-order chi connectivity index (χ0) is 12.4. The molecule has 1 aliphatic rings. The molecule has 1 aromatic carbocycles. The number of benzene rings is 1. The molecule has 0 spiro atoms. The Kier molecular flexibility index (Phi) is 3.06. The summed E-state index contributed by atoms with van der Waals surface area (Å²) < 4.78 is 15.7. The van der Waals surface area contributed by atoms with Crippen molar-refractivity contribution in [1.29, 1.82) is 0 Å². The van der Waals surface area contributed by atoms with E-state index in [-0.39, 0.29) is 6.79 Å². The van der Waals surface area contributed by atoms with Gasteiger partial charge in [0, 0.05) is 0 Å². The van der Waals surface area contributed by atoms with Gasteiger partial charge in [0.05, 0.1) is 7.11 Å². The molecular formula is C11H14N2O4. The van der Waals surface area contributed by atoms with Gasteiger partial charge < -0.3 is 25.3 Å². The van der Waals surface area contributed by atoms with Crippen molar-refractivity contribution in [3.05, 3.63) is 17.7 Å². The average molecular weight is 238 g/mol. The highest BCUT2D eigenvalue weighted by atomic mass is 16.7. The summed E-state index contributed by atoms with van der Waals surface area (Å²) in [6.45, 7) is 0.149. The van der Waals surface area contributed by atoms with Crippen LogP contribution in [0.5, 0.6) is 17.2 Å². The number of primary amides is 1. The minimum absolute atomic E-state index is 0.149. The fourth-order valence-corrected chi connectivity index (χ4v) is 1.79. The summed E-state index contributed by atoms with van der Waals surface area (Å²) in [5.41, 5.74) is 5.98. The van der Waals surface area contributed by atoms with Gasteiger partial charge in [-0.2, -0.15) is 0 Å². The largest absolute Gasteiger partial charge is 0.493 e. The first-order valence-corrected chi connectivity index (χ1v) is 5.11. The van der Waals surface area contributed by atoms with Crippen LogP contribution in [0.4, 0.5) is 0 Å². The van der Waals surface area contributed by atoms with Gasteiger partial charge in [0.15, 0.2) is 11.5 Å². The molecule has 0 fully saturated rings. The molecule has 1 heterocycles. The van der Waals surface area contributed by atoms with E-state index in [4.69, 9.17) is 19.9 Å². The molecule has 17 heavy (non-hydrogen) atoms. The molecule has 0 aliphatic carbocycles. The SMILES string of the molecule is CNC(C(N)=O)c1cc(OC)c2c(c1)OCO2. The summed E-state index contributed by atoms with van der Waals surface area (Å²) >= 11 is 0. The van der Waals surface area contributed by atoms with E-state index in [1.54, 1.807) is 19.2 Å². The van der Waals surface area contributed by atoms with Crippen LogP contribution in [0.1, 0.15) is 11.6 Å². The van der Waals surface area contributed by atoms with E-state index >= 15 is 0 Å². The number of carbonyl (C=O) groups excluding carboxylic acids is 1. The van der Waals surface area contributed by atoms with Gasteiger partial charge in [-0.3, -0.25) is 4.79 Å². The number of nitrogens with two attached hydrogens (primary N) is 1. The second-order valence-corrected chi connectivity index (χ2v) is 3.58. The van der Waals surface area contributed by atoms with E-state index < -0.39 is 11.9 Å². The number of amides is 1. The van der Waals surface area contributed by atoms with E-state index in [9.17, 15) is 4.79 Å². The number of methoxy groups -OCH3 is 1. The first-order valence-electron chi connectivity index (χ1n) is 5.11. The van der Waals surface area contributed by atoms with Gasteiger partial charge >= 0.3 is 0 Å². The fourth-order valence-electron chi connectivity index (χ4n) is 1.79. The van der Waals surface area contributed by atoms with Crippen LogP contribution < -0.4 is 25.3 Å². The molecule has 92 valence electrons. The molecule has 1 aromatic rings. The average Bonchev–Trinajstić information content (AvgIpc) is 2.76. The van der Waals surface area contributed by atoms with E-state index in [0.29, 0.717) is 22.8 Å². The van der Waals surface area contributed by atoms with Crippen LogP contribution in [0.2, 0.25) is 0 Å². The molecule has 1 unspecified atom stereocenters. The van der Waals surface area contributed by atoms with Crippen molar-refractivity contribution in [3.8, 4) is 17.2 Å². The summed E-state index contributed by atoms with van der Waals surface area (Å²) in [5.74, 6) is 1.17. The van der Waals surface area contributed by atoms with Gasteiger partial charge in [-0.25, -0.2) is 0 Å². The van der Waals surface area contributed by atoms with Gasteiger partial charge in [0.2, 0.25) is 18.4 Å². The fraction of sp³-hybridized carbons (Fsp3) is 0.364. The molecule has 6 heteroatoms. The molecule has 6 nitrogen and oxygen atoms in total. The van der Waals surface area contributed by atoms with Crippen LogP contribution in [0.15, 0.2) is 12.1 Å². The van der Waals surface area contributed by atoms with Gasteiger partial charge in [-0.15, -0.1) is 0 Å². The minimum atomic E-state index is -0.585. The molecule has 3 N–H and O–H groups in total. The Bertz CT molecular complexity index is 447. The Labute approximate surface area is 98.6 Å². The number of carbonyl (C=O) groups is 1. The van der Waals surface area contributed by atoms with Gasteiger partial charge in [0.1, 0.15) is 6.04 Å². The lowest BCUT2D eigenvalue weighted by Crippen LogP contribution is -2.31. The number of nitrogens with one attached hydrogen (secondary N) is 1. The Hall–Kier alpha value is -1.95. The summed E-state index contributed by atoms with van der Waals surface area (Å²) in [5, 5.41) is 2.83. The van der Waals surface area contributed by atoms with Crippen molar-refractivity contribution < 1.29 is 19.0 Å². The Morgan fingerprint density at radius 1 is 1.53 bits per heavy atom. The second kappa shape index (κ2) is 4.50. The van der Waals surface area contributed by atoms with Crippen LogP contribution in [-0.2, 0) is 4.79 Å². The molecule has 0 saturated carbocycles. The molecule has 1 atom stereocenters. The maximum atomic E-state index is 11.3. The third-order valence-electron chi connectivity index (χ3n) is 2.59. The van der Waals surface area contributed by atoms with Crippen molar-refractivity contribution in [2.75, 3.05) is 21.0 Å². The molecule has 1 aliphatic heterocycles. The number of hydrogen-bond donors (Lipinski definition) is 2. The zero-order valence-electron chi connectivity index (χ0n) is 9.65. The highest BCUT2D eigenvalue weighted by Crippen LogP contribution is 2.42. The highest BCUT2D eigenvalue weighted by Gasteiger charge is 2.24. The normalized spacial score (nSPS) is 14.5.